The first-order valence-corrected chi connectivity index (χ1v) is 9.80. The lowest BCUT2D eigenvalue weighted by atomic mass is 10.3. The van der Waals surface area contributed by atoms with E-state index in [0.717, 1.165) is 12.8 Å². The zero-order chi connectivity index (χ0) is 17.6. The summed E-state index contributed by atoms with van der Waals surface area (Å²) in [5.74, 6) is 0.0294. The molecule has 2 rings (SSSR count). The van der Waals surface area contributed by atoms with E-state index in [1.807, 2.05) is 0 Å². The van der Waals surface area contributed by atoms with E-state index in [9.17, 15) is 13.2 Å². The van der Waals surface area contributed by atoms with Crippen LogP contribution in [0.4, 0.5) is 5.69 Å². The Kier molecular flexibility index (Phi) is 6.22. The van der Waals surface area contributed by atoms with Crippen molar-refractivity contribution < 1.29 is 22.7 Å². The number of hydrogen-bond donors (Lipinski definition) is 1. The number of ether oxygens (including phenoxy) is 2. The molecule has 24 heavy (non-hydrogen) atoms. The van der Waals surface area contributed by atoms with E-state index in [-0.39, 0.29) is 16.1 Å². The highest BCUT2D eigenvalue weighted by molar-refractivity contribution is 7.92. The molecule has 0 saturated carbocycles. The number of hydrogen-bond acceptors (Lipinski definition) is 6. The van der Waals surface area contributed by atoms with Crippen molar-refractivity contribution in [2.24, 2.45) is 0 Å². The zero-order valence-electron chi connectivity index (χ0n) is 13.4. The maximum Gasteiger partial charge on any atom is 0.340 e. The van der Waals surface area contributed by atoms with Crippen LogP contribution in [0.2, 0.25) is 0 Å². The van der Waals surface area contributed by atoms with Crippen molar-refractivity contribution in [3.63, 3.8) is 0 Å². The Morgan fingerprint density at radius 1 is 1.21 bits per heavy atom. The molecule has 0 saturated heterocycles. The molecule has 0 bridgehead atoms. The highest BCUT2D eigenvalue weighted by Crippen LogP contribution is 2.25. The third-order valence-electron chi connectivity index (χ3n) is 3.21. The van der Waals surface area contributed by atoms with Gasteiger partial charge in [-0.3, -0.25) is 4.72 Å². The summed E-state index contributed by atoms with van der Waals surface area (Å²) >= 11 is 1.21. The second-order valence-electron chi connectivity index (χ2n) is 4.97. The first kappa shape index (κ1) is 18.3. The van der Waals surface area contributed by atoms with Crippen LogP contribution < -0.4 is 9.46 Å². The van der Waals surface area contributed by atoms with Crippen molar-refractivity contribution in [3.05, 3.63) is 40.6 Å². The molecule has 130 valence electrons. The number of esters is 1. The van der Waals surface area contributed by atoms with Gasteiger partial charge < -0.3 is 9.47 Å². The number of methoxy groups -OCH3 is 1. The summed E-state index contributed by atoms with van der Waals surface area (Å²) in [5, 5.41) is 3.08. The molecule has 8 heteroatoms. The van der Waals surface area contributed by atoms with Gasteiger partial charge in [-0.2, -0.15) is 0 Å². The molecule has 1 aromatic heterocycles. The van der Waals surface area contributed by atoms with Crippen LogP contribution in [0.15, 0.2) is 39.9 Å². The van der Waals surface area contributed by atoms with Crippen molar-refractivity contribution in [3.8, 4) is 5.75 Å². The van der Waals surface area contributed by atoms with Crippen LogP contribution in [0.5, 0.6) is 5.75 Å². The van der Waals surface area contributed by atoms with Gasteiger partial charge in [0.2, 0.25) is 0 Å². The highest BCUT2D eigenvalue weighted by Gasteiger charge is 2.20. The van der Waals surface area contributed by atoms with Crippen LogP contribution in [0.3, 0.4) is 0 Å². The molecule has 6 nitrogen and oxygen atoms in total. The molecule has 1 N–H and O–H groups in total. The summed E-state index contributed by atoms with van der Waals surface area (Å²) in [5.41, 5.74) is 0.390. The normalized spacial score (nSPS) is 11.1. The fourth-order valence-corrected chi connectivity index (χ4v) is 3.79. The smallest absolute Gasteiger partial charge is 0.340 e. The molecule has 0 spiro atoms. The van der Waals surface area contributed by atoms with E-state index >= 15 is 0 Å². The second-order valence-corrected chi connectivity index (χ2v) is 7.40. The molecule has 0 aliphatic carbocycles. The van der Waals surface area contributed by atoms with E-state index in [1.165, 1.54) is 36.0 Å². The minimum atomic E-state index is -3.80. The number of thiophene rings is 1. The molecule has 0 aliphatic rings. The molecular weight excluding hydrogens is 350 g/mol. The predicted octanol–water partition coefficient (Wildman–Crippen LogP) is 3.51. The summed E-state index contributed by atoms with van der Waals surface area (Å²) in [6, 6.07) is 6.15. The maximum atomic E-state index is 12.4. The second kappa shape index (κ2) is 8.16. The Bertz CT molecular complexity index is 781. The molecule has 0 unspecified atom stereocenters. The van der Waals surface area contributed by atoms with Gasteiger partial charge >= 0.3 is 5.97 Å². The average Bonchev–Trinajstić information content (AvgIpc) is 3.02. The van der Waals surface area contributed by atoms with Gasteiger partial charge in [0, 0.05) is 10.8 Å². The summed E-state index contributed by atoms with van der Waals surface area (Å²) in [6.07, 6.45) is 1.97. The van der Waals surface area contributed by atoms with Crippen LogP contribution in [0.1, 0.15) is 30.1 Å². The topological polar surface area (TPSA) is 81.7 Å². The highest BCUT2D eigenvalue weighted by atomic mass is 32.2. The number of unbranched alkanes of at least 4 members (excludes halogenated alkanes) is 1. The Morgan fingerprint density at radius 2 is 1.92 bits per heavy atom. The molecule has 1 heterocycles. The molecular formula is C16H19NO5S2. The van der Waals surface area contributed by atoms with E-state index < -0.39 is 16.0 Å². The molecule has 0 fully saturated rings. The standard InChI is InChI=1S/C16H19NO5S2/c1-3-4-9-22-12-5-7-13(8-6-12)24(19,20)17-15-11-23-10-14(15)16(18)21-2/h5-8,10-11,17H,3-4,9H2,1-2H3. The average molecular weight is 369 g/mol. The minimum absolute atomic E-state index is 0.0901. The quantitative estimate of drug-likeness (QED) is 0.569. The van der Waals surface area contributed by atoms with Gasteiger partial charge in [-0.25, -0.2) is 13.2 Å². The van der Waals surface area contributed by atoms with E-state index in [2.05, 4.69) is 16.4 Å². The zero-order valence-corrected chi connectivity index (χ0v) is 15.1. The maximum absolute atomic E-state index is 12.4. The first-order valence-electron chi connectivity index (χ1n) is 7.38. The largest absolute Gasteiger partial charge is 0.494 e. The van der Waals surface area contributed by atoms with Gasteiger partial charge in [0.05, 0.1) is 29.9 Å². The number of carbonyl (C=O) groups is 1. The van der Waals surface area contributed by atoms with E-state index in [0.29, 0.717) is 12.4 Å². The van der Waals surface area contributed by atoms with Crippen LogP contribution >= 0.6 is 11.3 Å². The Balaban J connectivity index is 2.13. The van der Waals surface area contributed by atoms with Gasteiger partial charge in [0.15, 0.2) is 0 Å². The van der Waals surface area contributed by atoms with Crippen LogP contribution in [0.25, 0.3) is 0 Å². The third kappa shape index (κ3) is 4.48. The summed E-state index contributed by atoms with van der Waals surface area (Å²) in [4.78, 5) is 11.7. The molecule has 0 amide bonds. The number of benzene rings is 1. The Hall–Kier alpha value is -2.06. The lowest BCUT2D eigenvalue weighted by Crippen LogP contribution is -2.15. The molecule has 1 aromatic carbocycles. The van der Waals surface area contributed by atoms with Crippen LogP contribution in [-0.2, 0) is 14.8 Å². The SMILES string of the molecule is CCCCOc1ccc(S(=O)(=O)Nc2cscc2C(=O)OC)cc1. The number of carbonyl (C=O) groups excluding carboxylic acids is 1. The number of nitrogens with one attached hydrogen (secondary N) is 1. The number of anilines is 1. The summed E-state index contributed by atoms with van der Waals surface area (Å²) in [6.45, 7) is 2.66. The lowest BCUT2D eigenvalue weighted by molar-refractivity contribution is 0.0602. The van der Waals surface area contributed by atoms with Crippen LogP contribution in [-0.4, -0.2) is 28.1 Å². The lowest BCUT2D eigenvalue weighted by Gasteiger charge is -2.10. The monoisotopic (exact) mass is 369 g/mol. The fraction of sp³-hybridized carbons (Fsp3) is 0.312. The molecule has 2 aromatic rings. The fourth-order valence-electron chi connectivity index (χ4n) is 1.90. The van der Waals surface area contributed by atoms with Gasteiger partial charge in [0.25, 0.3) is 10.0 Å². The van der Waals surface area contributed by atoms with Gasteiger partial charge in [-0.15, -0.1) is 11.3 Å². The Labute approximate surface area is 145 Å². The first-order chi connectivity index (χ1) is 11.5. The van der Waals surface area contributed by atoms with Crippen molar-refractivity contribution >= 4 is 33.0 Å². The van der Waals surface area contributed by atoms with Crippen molar-refractivity contribution in [1.82, 2.24) is 0 Å². The van der Waals surface area contributed by atoms with Crippen molar-refractivity contribution in [2.75, 3.05) is 18.4 Å². The molecule has 0 radical (unpaired) electrons. The summed E-state index contributed by atoms with van der Waals surface area (Å²) < 4.78 is 37.4. The van der Waals surface area contributed by atoms with E-state index in [1.54, 1.807) is 17.5 Å². The van der Waals surface area contributed by atoms with Crippen molar-refractivity contribution in [2.45, 2.75) is 24.7 Å². The minimum Gasteiger partial charge on any atom is -0.494 e. The number of rotatable bonds is 8. The Morgan fingerprint density at radius 3 is 2.54 bits per heavy atom. The van der Waals surface area contributed by atoms with Crippen molar-refractivity contribution in [1.29, 1.82) is 0 Å². The molecule has 0 atom stereocenters. The van der Waals surface area contributed by atoms with Gasteiger partial charge in [-0.1, -0.05) is 13.3 Å². The van der Waals surface area contributed by atoms with Gasteiger partial charge in [-0.05, 0) is 30.7 Å². The third-order valence-corrected chi connectivity index (χ3v) is 5.34. The van der Waals surface area contributed by atoms with E-state index in [4.69, 9.17) is 4.74 Å². The summed E-state index contributed by atoms with van der Waals surface area (Å²) in [7, 11) is -2.55. The van der Waals surface area contributed by atoms with Crippen LogP contribution in [0, 0.1) is 0 Å². The predicted molar refractivity (Wildman–Crippen MR) is 93.3 cm³/mol. The van der Waals surface area contributed by atoms with Gasteiger partial charge in [0.1, 0.15) is 5.75 Å². The molecule has 0 aliphatic heterocycles. The number of sulfonamides is 1.